The molecule has 1 aromatic carbocycles. The number of halogens is 1. The number of carbonyl (C=O) groups is 2. The van der Waals surface area contributed by atoms with Gasteiger partial charge in [-0.25, -0.2) is 9.59 Å². The molecule has 0 radical (unpaired) electrons. The molecule has 6 heteroatoms. The minimum atomic E-state index is -1.17. The number of nitrogens with one attached hydrogen (secondary N) is 1. The van der Waals surface area contributed by atoms with E-state index < -0.39 is 5.97 Å². The molecule has 0 aliphatic carbocycles. The number of hydrogen-bond acceptors (Lipinski definition) is 2. The SMILES string of the molecule is CCN(CC)C(=O)Nc1cccc(Cl)c1C(=O)O. The maximum atomic E-state index is 11.8. The molecule has 0 aromatic heterocycles. The predicted molar refractivity (Wildman–Crippen MR) is 70.4 cm³/mol. The van der Waals surface area contributed by atoms with Crippen LogP contribution in [0.15, 0.2) is 18.2 Å². The molecular formula is C12H15ClN2O3. The molecule has 5 nitrogen and oxygen atoms in total. The van der Waals surface area contributed by atoms with Crippen molar-refractivity contribution in [2.75, 3.05) is 18.4 Å². The highest BCUT2D eigenvalue weighted by molar-refractivity contribution is 6.34. The Balaban J connectivity index is 3.01. The van der Waals surface area contributed by atoms with E-state index in [1.807, 2.05) is 13.8 Å². The van der Waals surface area contributed by atoms with Crippen molar-refractivity contribution in [3.63, 3.8) is 0 Å². The number of nitrogens with zero attached hydrogens (tertiary/aromatic N) is 1. The number of carboxylic acids is 1. The Morgan fingerprint density at radius 1 is 1.33 bits per heavy atom. The summed E-state index contributed by atoms with van der Waals surface area (Å²) in [5.74, 6) is -1.17. The lowest BCUT2D eigenvalue weighted by Crippen LogP contribution is -2.34. The molecule has 1 aromatic rings. The van der Waals surface area contributed by atoms with Crippen molar-refractivity contribution >= 4 is 29.3 Å². The number of amides is 2. The average molecular weight is 271 g/mol. The van der Waals surface area contributed by atoms with Gasteiger partial charge in [0, 0.05) is 13.1 Å². The quantitative estimate of drug-likeness (QED) is 0.884. The first-order chi connectivity index (χ1) is 8.51. The lowest BCUT2D eigenvalue weighted by Gasteiger charge is -2.20. The number of benzene rings is 1. The molecule has 0 bridgehead atoms. The van der Waals surface area contributed by atoms with Crippen LogP contribution in [-0.2, 0) is 0 Å². The van der Waals surface area contributed by atoms with Gasteiger partial charge in [-0.1, -0.05) is 17.7 Å². The van der Waals surface area contributed by atoms with Crippen LogP contribution in [0.1, 0.15) is 24.2 Å². The molecule has 0 saturated heterocycles. The summed E-state index contributed by atoms with van der Waals surface area (Å²) in [6.07, 6.45) is 0. The summed E-state index contributed by atoms with van der Waals surface area (Å²) in [6, 6.07) is 4.23. The zero-order chi connectivity index (χ0) is 13.7. The highest BCUT2D eigenvalue weighted by Crippen LogP contribution is 2.24. The van der Waals surface area contributed by atoms with Gasteiger partial charge in [-0.05, 0) is 26.0 Å². The van der Waals surface area contributed by atoms with E-state index >= 15 is 0 Å². The van der Waals surface area contributed by atoms with Crippen LogP contribution in [0.3, 0.4) is 0 Å². The molecule has 0 unspecified atom stereocenters. The summed E-state index contributed by atoms with van der Waals surface area (Å²) in [5.41, 5.74) is 0.103. The lowest BCUT2D eigenvalue weighted by atomic mass is 10.2. The van der Waals surface area contributed by atoms with E-state index in [4.69, 9.17) is 16.7 Å². The van der Waals surface area contributed by atoms with Crippen LogP contribution < -0.4 is 5.32 Å². The summed E-state index contributed by atoms with van der Waals surface area (Å²) in [5, 5.41) is 11.7. The van der Waals surface area contributed by atoms with Crippen LogP contribution in [0.4, 0.5) is 10.5 Å². The van der Waals surface area contributed by atoms with E-state index in [1.165, 1.54) is 12.1 Å². The first kappa shape index (κ1) is 14.3. The first-order valence-corrected chi connectivity index (χ1v) is 5.96. The van der Waals surface area contributed by atoms with Crippen molar-refractivity contribution in [3.8, 4) is 0 Å². The van der Waals surface area contributed by atoms with Crippen molar-refractivity contribution < 1.29 is 14.7 Å². The van der Waals surface area contributed by atoms with Crippen molar-refractivity contribution in [3.05, 3.63) is 28.8 Å². The van der Waals surface area contributed by atoms with Crippen LogP contribution in [0, 0.1) is 0 Å². The lowest BCUT2D eigenvalue weighted by molar-refractivity contribution is 0.0698. The molecule has 1 rings (SSSR count). The summed E-state index contributed by atoms with van der Waals surface area (Å²) >= 11 is 5.81. The number of aromatic carboxylic acids is 1. The van der Waals surface area contributed by atoms with E-state index in [0.29, 0.717) is 13.1 Å². The molecule has 18 heavy (non-hydrogen) atoms. The van der Waals surface area contributed by atoms with Crippen LogP contribution >= 0.6 is 11.6 Å². The highest BCUT2D eigenvalue weighted by atomic mass is 35.5. The van der Waals surface area contributed by atoms with Gasteiger partial charge in [0.2, 0.25) is 0 Å². The van der Waals surface area contributed by atoms with Crippen molar-refractivity contribution in [2.45, 2.75) is 13.8 Å². The Morgan fingerprint density at radius 2 is 1.94 bits per heavy atom. The van der Waals surface area contributed by atoms with Gasteiger partial charge in [0.15, 0.2) is 0 Å². The molecule has 0 atom stereocenters. The normalized spacial score (nSPS) is 9.94. The molecule has 0 saturated carbocycles. The minimum absolute atomic E-state index is 0.0971. The Labute approximate surface area is 110 Å². The van der Waals surface area contributed by atoms with E-state index in [2.05, 4.69) is 5.32 Å². The largest absolute Gasteiger partial charge is 0.478 e. The highest BCUT2D eigenvalue weighted by Gasteiger charge is 2.17. The van der Waals surface area contributed by atoms with Crippen molar-refractivity contribution in [1.82, 2.24) is 4.90 Å². The summed E-state index contributed by atoms with van der Waals surface area (Å²) in [6.45, 7) is 4.79. The summed E-state index contributed by atoms with van der Waals surface area (Å²) in [4.78, 5) is 24.5. The number of anilines is 1. The average Bonchev–Trinajstić information content (AvgIpc) is 2.30. The van der Waals surface area contributed by atoms with E-state index in [0.717, 1.165) is 0 Å². The first-order valence-electron chi connectivity index (χ1n) is 5.59. The fraction of sp³-hybridized carbons (Fsp3) is 0.333. The third kappa shape index (κ3) is 3.13. The third-order valence-corrected chi connectivity index (χ3v) is 2.83. The molecule has 0 aliphatic heterocycles. The fourth-order valence-electron chi connectivity index (χ4n) is 1.55. The summed E-state index contributed by atoms with van der Waals surface area (Å²) in [7, 11) is 0. The minimum Gasteiger partial charge on any atom is -0.478 e. The molecule has 0 spiro atoms. The van der Waals surface area contributed by atoms with Gasteiger partial charge in [0.1, 0.15) is 5.56 Å². The zero-order valence-corrected chi connectivity index (χ0v) is 11.0. The second kappa shape index (κ2) is 6.26. The smallest absolute Gasteiger partial charge is 0.339 e. The fourth-order valence-corrected chi connectivity index (χ4v) is 1.81. The molecule has 2 amide bonds. The van der Waals surface area contributed by atoms with Crippen LogP contribution in [0.2, 0.25) is 5.02 Å². The molecule has 0 heterocycles. The van der Waals surface area contributed by atoms with E-state index in [1.54, 1.807) is 11.0 Å². The number of urea groups is 1. The molecule has 98 valence electrons. The van der Waals surface area contributed by atoms with E-state index in [-0.39, 0.29) is 22.3 Å². The van der Waals surface area contributed by atoms with E-state index in [9.17, 15) is 9.59 Å². The number of carboxylic acid groups (broad SMARTS) is 1. The molecule has 2 N–H and O–H groups in total. The monoisotopic (exact) mass is 270 g/mol. The summed E-state index contributed by atoms with van der Waals surface area (Å²) < 4.78 is 0. The molecule has 0 fully saturated rings. The zero-order valence-electron chi connectivity index (χ0n) is 10.2. The van der Waals surface area contributed by atoms with Gasteiger partial charge < -0.3 is 15.3 Å². The predicted octanol–water partition coefficient (Wildman–Crippen LogP) is 2.91. The van der Waals surface area contributed by atoms with Gasteiger partial charge >= 0.3 is 12.0 Å². The van der Waals surface area contributed by atoms with Gasteiger partial charge in [-0.2, -0.15) is 0 Å². The number of carbonyl (C=O) groups excluding carboxylic acids is 1. The molecule has 0 aliphatic rings. The Bertz CT molecular complexity index is 459. The van der Waals surface area contributed by atoms with Gasteiger partial charge in [-0.3, -0.25) is 0 Å². The Morgan fingerprint density at radius 3 is 2.44 bits per heavy atom. The maximum Gasteiger partial charge on any atom is 0.339 e. The standard InChI is InChI=1S/C12H15ClN2O3/c1-3-15(4-2)12(18)14-9-7-5-6-8(13)10(9)11(16)17/h5-7H,3-4H2,1-2H3,(H,14,18)(H,16,17). The second-order valence-electron chi connectivity index (χ2n) is 3.57. The van der Waals surface area contributed by atoms with Crippen molar-refractivity contribution in [2.24, 2.45) is 0 Å². The van der Waals surface area contributed by atoms with Gasteiger partial charge in [-0.15, -0.1) is 0 Å². The Hall–Kier alpha value is -1.75. The number of rotatable bonds is 4. The van der Waals surface area contributed by atoms with Crippen LogP contribution in [0.5, 0.6) is 0 Å². The van der Waals surface area contributed by atoms with Crippen LogP contribution in [-0.4, -0.2) is 35.1 Å². The maximum absolute atomic E-state index is 11.8. The van der Waals surface area contributed by atoms with Crippen molar-refractivity contribution in [1.29, 1.82) is 0 Å². The Kier molecular flexibility index (Phi) is 4.97. The second-order valence-corrected chi connectivity index (χ2v) is 3.98. The third-order valence-electron chi connectivity index (χ3n) is 2.52. The molecular weight excluding hydrogens is 256 g/mol. The number of hydrogen-bond donors (Lipinski definition) is 2. The van der Waals surface area contributed by atoms with Gasteiger partial charge in [0.05, 0.1) is 10.7 Å². The topological polar surface area (TPSA) is 69.6 Å². The van der Waals surface area contributed by atoms with Crippen LogP contribution in [0.25, 0.3) is 0 Å². The van der Waals surface area contributed by atoms with Gasteiger partial charge in [0.25, 0.3) is 0 Å².